The average Bonchev–Trinajstić information content (AvgIpc) is 2.98. The average molecular weight is 318 g/mol. The highest BCUT2D eigenvalue weighted by molar-refractivity contribution is 6.05. The molecule has 0 aliphatic carbocycles. The Kier molecular flexibility index (Phi) is 3.43. The van der Waals surface area contributed by atoms with E-state index in [0.29, 0.717) is 11.3 Å². The Hall–Kier alpha value is -3.27. The maximum atomic E-state index is 11.3. The van der Waals surface area contributed by atoms with Crippen LogP contribution in [0.1, 0.15) is 15.9 Å². The van der Waals surface area contributed by atoms with E-state index in [-0.39, 0.29) is 12.2 Å². The molecular weight excluding hydrogens is 304 g/mol. The van der Waals surface area contributed by atoms with Crippen molar-refractivity contribution in [3.63, 3.8) is 0 Å². The fourth-order valence-corrected chi connectivity index (χ4v) is 2.81. The van der Waals surface area contributed by atoms with E-state index in [2.05, 4.69) is 0 Å². The molecule has 0 aliphatic heterocycles. The van der Waals surface area contributed by atoms with Crippen LogP contribution in [0.15, 0.2) is 71.1 Å². The van der Waals surface area contributed by atoms with Crippen LogP contribution in [0.3, 0.4) is 0 Å². The van der Waals surface area contributed by atoms with E-state index < -0.39 is 5.97 Å². The van der Waals surface area contributed by atoms with E-state index in [1.165, 1.54) is 0 Å². The number of hydrogen-bond acceptors (Lipinski definition) is 3. The van der Waals surface area contributed by atoms with Crippen LogP contribution < -0.4 is 4.74 Å². The molecule has 3 aromatic carbocycles. The summed E-state index contributed by atoms with van der Waals surface area (Å²) in [7, 11) is 0. The van der Waals surface area contributed by atoms with Crippen LogP contribution in [0.25, 0.3) is 21.9 Å². The molecule has 118 valence electrons. The van der Waals surface area contributed by atoms with Crippen LogP contribution in [-0.4, -0.2) is 11.1 Å². The largest absolute Gasteiger partial charge is 0.489 e. The summed E-state index contributed by atoms with van der Waals surface area (Å²) in [4.78, 5) is 11.3. The summed E-state index contributed by atoms with van der Waals surface area (Å²) in [5.41, 5.74) is 2.53. The second-order valence-corrected chi connectivity index (χ2v) is 5.51. The molecule has 24 heavy (non-hydrogen) atoms. The third-order valence-corrected chi connectivity index (χ3v) is 3.99. The first-order valence-electron chi connectivity index (χ1n) is 7.58. The number of carboxylic acid groups (broad SMARTS) is 1. The van der Waals surface area contributed by atoms with E-state index in [0.717, 1.165) is 21.9 Å². The summed E-state index contributed by atoms with van der Waals surface area (Å²) in [6.45, 7) is 0.198. The molecule has 0 atom stereocenters. The number of carbonyl (C=O) groups is 1. The van der Waals surface area contributed by atoms with Crippen LogP contribution in [0.4, 0.5) is 0 Å². The van der Waals surface area contributed by atoms with Crippen LogP contribution in [-0.2, 0) is 6.61 Å². The number of aromatic carboxylic acids is 1. The molecule has 0 unspecified atom stereocenters. The van der Waals surface area contributed by atoms with E-state index in [1.54, 1.807) is 24.3 Å². The first-order valence-corrected chi connectivity index (χ1v) is 7.58. The fourth-order valence-electron chi connectivity index (χ4n) is 2.81. The van der Waals surface area contributed by atoms with Gasteiger partial charge in [0.1, 0.15) is 23.5 Å². The van der Waals surface area contributed by atoms with Crippen molar-refractivity contribution in [2.75, 3.05) is 0 Å². The number of hydrogen-bond donors (Lipinski definition) is 1. The van der Waals surface area contributed by atoms with Gasteiger partial charge in [-0.15, -0.1) is 0 Å². The molecule has 4 rings (SSSR count). The molecule has 0 bridgehead atoms. The SMILES string of the molecule is O=C(O)c1ccccc1COc1ccc2oc3ccccc3c2c1. The third kappa shape index (κ3) is 2.48. The number of fused-ring (bicyclic) bond motifs is 3. The molecule has 0 saturated heterocycles. The lowest BCUT2D eigenvalue weighted by Gasteiger charge is -2.08. The Morgan fingerprint density at radius 3 is 2.54 bits per heavy atom. The van der Waals surface area contributed by atoms with Gasteiger partial charge >= 0.3 is 5.97 Å². The van der Waals surface area contributed by atoms with Gasteiger partial charge in [-0.1, -0.05) is 36.4 Å². The van der Waals surface area contributed by atoms with Crippen molar-refractivity contribution < 1.29 is 19.1 Å². The molecule has 4 heteroatoms. The monoisotopic (exact) mass is 318 g/mol. The van der Waals surface area contributed by atoms with E-state index in [4.69, 9.17) is 9.15 Å². The van der Waals surface area contributed by atoms with Gasteiger partial charge < -0.3 is 14.3 Å². The Bertz CT molecular complexity index is 1050. The lowest BCUT2D eigenvalue weighted by Crippen LogP contribution is -2.05. The van der Waals surface area contributed by atoms with Gasteiger partial charge in [-0.05, 0) is 30.3 Å². The smallest absolute Gasteiger partial charge is 0.336 e. The highest BCUT2D eigenvalue weighted by atomic mass is 16.5. The number of rotatable bonds is 4. The van der Waals surface area contributed by atoms with Gasteiger partial charge in [0.2, 0.25) is 0 Å². The van der Waals surface area contributed by atoms with Gasteiger partial charge in [-0.25, -0.2) is 4.79 Å². The number of para-hydroxylation sites is 1. The highest BCUT2D eigenvalue weighted by Crippen LogP contribution is 2.31. The maximum Gasteiger partial charge on any atom is 0.336 e. The summed E-state index contributed by atoms with van der Waals surface area (Å²) in [5, 5.41) is 11.2. The third-order valence-electron chi connectivity index (χ3n) is 3.99. The van der Waals surface area contributed by atoms with Crippen molar-refractivity contribution in [1.82, 2.24) is 0 Å². The molecule has 0 fully saturated rings. The molecule has 0 saturated carbocycles. The normalized spacial score (nSPS) is 11.0. The predicted molar refractivity (Wildman–Crippen MR) is 91.5 cm³/mol. The molecule has 1 N–H and O–H groups in total. The molecule has 4 nitrogen and oxygen atoms in total. The van der Waals surface area contributed by atoms with Crippen molar-refractivity contribution in [2.24, 2.45) is 0 Å². The van der Waals surface area contributed by atoms with Crippen LogP contribution in [0.2, 0.25) is 0 Å². The molecule has 0 radical (unpaired) electrons. The van der Waals surface area contributed by atoms with Gasteiger partial charge in [0.05, 0.1) is 5.56 Å². The highest BCUT2D eigenvalue weighted by Gasteiger charge is 2.11. The first kappa shape index (κ1) is 14.3. The van der Waals surface area contributed by atoms with E-state index in [1.807, 2.05) is 42.5 Å². The molecule has 4 aromatic rings. The summed E-state index contributed by atoms with van der Waals surface area (Å²) in [6, 6.07) is 20.3. The van der Waals surface area contributed by atoms with Crippen LogP contribution >= 0.6 is 0 Å². The number of ether oxygens (including phenoxy) is 1. The zero-order chi connectivity index (χ0) is 16.5. The second kappa shape index (κ2) is 5.74. The van der Waals surface area contributed by atoms with Crippen molar-refractivity contribution in [3.8, 4) is 5.75 Å². The Morgan fingerprint density at radius 2 is 1.67 bits per heavy atom. The minimum absolute atomic E-state index is 0.198. The molecule has 1 aromatic heterocycles. The second-order valence-electron chi connectivity index (χ2n) is 5.51. The number of carboxylic acids is 1. The summed E-state index contributed by atoms with van der Waals surface area (Å²) in [5.74, 6) is -0.278. The van der Waals surface area contributed by atoms with Crippen molar-refractivity contribution >= 4 is 27.9 Å². The predicted octanol–water partition coefficient (Wildman–Crippen LogP) is 4.86. The number of furan rings is 1. The topological polar surface area (TPSA) is 59.7 Å². The standard InChI is InChI=1S/C20H14O4/c21-20(22)15-6-2-1-5-13(15)12-23-14-9-10-19-17(11-14)16-7-3-4-8-18(16)24-19/h1-11H,12H2,(H,21,22). The molecule has 0 aliphatic rings. The summed E-state index contributed by atoms with van der Waals surface area (Å²) < 4.78 is 11.6. The first-order chi connectivity index (χ1) is 11.7. The van der Waals surface area contributed by atoms with E-state index >= 15 is 0 Å². The molecule has 0 spiro atoms. The van der Waals surface area contributed by atoms with Crippen molar-refractivity contribution in [1.29, 1.82) is 0 Å². The van der Waals surface area contributed by atoms with Gasteiger partial charge in [0.15, 0.2) is 0 Å². The van der Waals surface area contributed by atoms with Gasteiger partial charge in [-0.3, -0.25) is 0 Å². The fraction of sp³-hybridized carbons (Fsp3) is 0.0500. The Morgan fingerprint density at radius 1 is 0.917 bits per heavy atom. The number of benzene rings is 3. The molecule has 0 amide bonds. The van der Waals surface area contributed by atoms with Gasteiger partial charge in [0.25, 0.3) is 0 Å². The Labute approximate surface area is 137 Å². The van der Waals surface area contributed by atoms with Crippen molar-refractivity contribution in [3.05, 3.63) is 77.9 Å². The summed E-state index contributed by atoms with van der Waals surface area (Å²) in [6.07, 6.45) is 0. The lowest BCUT2D eigenvalue weighted by atomic mass is 10.1. The molecular formula is C20H14O4. The lowest BCUT2D eigenvalue weighted by molar-refractivity contribution is 0.0694. The van der Waals surface area contributed by atoms with Gasteiger partial charge in [-0.2, -0.15) is 0 Å². The molecule has 1 heterocycles. The Balaban J connectivity index is 1.66. The van der Waals surface area contributed by atoms with Crippen LogP contribution in [0.5, 0.6) is 5.75 Å². The minimum Gasteiger partial charge on any atom is -0.489 e. The van der Waals surface area contributed by atoms with Gasteiger partial charge in [0, 0.05) is 16.3 Å². The maximum absolute atomic E-state index is 11.3. The van der Waals surface area contributed by atoms with Crippen LogP contribution in [0, 0.1) is 0 Å². The summed E-state index contributed by atoms with van der Waals surface area (Å²) >= 11 is 0. The zero-order valence-electron chi connectivity index (χ0n) is 12.7. The van der Waals surface area contributed by atoms with Crippen molar-refractivity contribution in [2.45, 2.75) is 6.61 Å². The zero-order valence-corrected chi connectivity index (χ0v) is 12.7. The minimum atomic E-state index is -0.953. The quantitative estimate of drug-likeness (QED) is 0.583. The van der Waals surface area contributed by atoms with E-state index in [9.17, 15) is 9.90 Å².